The number of aryl methyl sites for hydroxylation is 1. The molecular formula is C17H25N5O. The molecule has 124 valence electrons. The second kappa shape index (κ2) is 6.56. The van der Waals surface area contributed by atoms with Gasteiger partial charge in [-0.2, -0.15) is 5.10 Å². The van der Waals surface area contributed by atoms with Gasteiger partial charge in [0.15, 0.2) is 0 Å². The minimum Gasteiger partial charge on any atom is -0.348 e. The lowest BCUT2D eigenvalue weighted by atomic mass is 9.96. The Morgan fingerprint density at radius 2 is 2.13 bits per heavy atom. The van der Waals surface area contributed by atoms with Gasteiger partial charge in [0.05, 0.1) is 5.69 Å². The third kappa shape index (κ3) is 3.16. The first-order valence-electron chi connectivity index (χ1n) is 8.46. The van der Waals surface area contributed by atoms with Crippen LogP contribution in [0.2, 0.25) is 0 Å². The van der Waals surface area contributed by atoms with Crippen LogP contribution in [0.25, 0.3) is 0 Å². The van der Waals surface area contributed by atoms with Gasteiger partial charge in [-0.25, -0.2) is 4.98 Å². The minimum absolute atomic E-state index is 0.101. The van der Waals surface area contributed by atoms with Crippen molar-refractivity contribution in [1.82, 2.24) is 24.6 Å². The van der Waals surface area contributed by atoms with Gasteiger partial charge in [-0.05, 0) is 31.7 Å². The van der Waals surface area contributed by atoms with Crippen LogP contribution in [0, 0.1) is 0 Å². The molecule has 1 N–H and O–H groups in total. The number of nitrogens with one attached hydrogen (secondary N) is 1. The van der Waals surface area contributed by atoms with Crippen molar-refractivity contribution >= 4 is 5.91 Å². The van der Waals surface area contributed by atoms with Gasteiger partial charge in [0.1, 0.15) is 11.5 Å². The number of carbonyl (C=O) groups excluding carboxylic acids is 1. The summed E-state index contributed by atoms with van der Waals surface area (Å²) < 4.78 is 1.83. The summed E-state index contributed by atoms with van der Waals surface area (Å²) in [6, 6.07) is 1.95. The van der Waals surface area contributed by atoms with E-state index in [4.69, 9.17) is 0 Å². The summed E-state index contributed by atoms with van der Waals surface area (Å²) in [6.45, 7) is 8.50. The van der Waals surface area contributed by atoms with Gasteiger partial charge in [0.25, 0.3) is 5.91 Å². The van der Waals surface area contributed by atoms with Crippen molar-refractivity contribution in [3.8, 4) is 0 Å². The molecule has 0 bridgehead atoms. The SMILES string of the molecule is CCn1nc(C(C)C)cc1C(=O)N1CCC(c2ncc[nH]2)CC1. The smallest absolute Gasteiger partial charge is 0.272 e. The predicted molar refractivity (Wildman–Crippen MR) is 88.5 cm³/mol. The van der Waals surface area contributed by atoms with E-state index >= 15 is 0 Å². The zero-order valence-corrected chi connectivity index (χ0v) is 14.1. The van der Waals surface area contributed by atoms with E-state index in [-0.39, 0.29) is 5.91 Å². The van der Waals surface area contributed by atoms with Crippen LogP contribution in [0.15, 0.2) is 18.5 Å². The number of aromatic nitrogens is 4. The molecule has 2 aromatic rings. The summed E-state index contributed by atoms with van der Waals surface area (Å²) >= 11 is 0. The molecule has 23 heavy (non-hydrogen) atoms. The lowest BCUT2D eigenvalue weighted by molar-refractivity contribution is 0.0698. The van der Waals surface area contributed by atoms with Crippen LogP contribution in [-0.2, 0) is 6.54 Å². The van der Waals surface area contributed by atoms with E-state index in [1.54, 1.807) is 6.20 Å². The van der Waals surface area contributed by atoms with Crippen LogP contribution in [0.4, 0.5) is 0 Å². The fourth-order valence-electron chi connectivity index (χ4n) is 3.15. The van der Waals surface area contributed by atoms with Crippen LogP contribution in [-0.4, -0.2) is 43.6 Å². The van der Waals surface area contributed by atoms with Crippen molar-refractivity contribution in [3.05, 3.63) is 35.7 Å². The maximum atomic E-state index is 12.9. The second-order valence-corrected chi connectivity index (χ2v) is 6.47. The number of rotatable bonds is 4. The Kier molecular flexibility index (Phi) is 4.50. The first-order chi connectivity index (χ1) is 11.1. The standard InChI is InChI=1S/C17H25N5O/c1-4-22-15(11-14(20-22)12(2)3)17(23)21-9-5-13(6-10-21)16-18-7-8-19-16/h7-8,11-13H,4-6,9-10H2,1-3H3,(H,18,19). The number of imidazole rings is 1. The number of nitrogens with zero attached hydrogens (tertiary/aromatic N) is 4. The second-order valence-electron chi connectivity index (χ2n) is 6.47. The molecule has 1 amide bonds. The Morgan fingerprint density at radius 3 is 2.70 bits per heavy atom. The molecule has 1 aliphatic rings. The molecule has 3 heterocycles. The van der Waals surface area contributed by atoms with E-state index in [9.17, 15) is 4.79 Å². The van der Waals surface area contributed by atoms with Crippen molar-refractivity contribution in [3.63, 3.8) is 0 Å². The highest BCUT2D eigenvalue weighted by Gasteiger charge is 2.28. The third-order valence-electron chi connectivity index (χ3n) is 4.60. The number of hydrogen-bond acceptors (Lipinski definition) is 3. The summed E-state index contributed by atoms with van der Waals surface area (Å²) in [5, 5.41) is 4.55. The maximum Gasteiger partial charge on any atom is 0.272 e. The van der Waals surface area contributed by atoms with Gasteiger partial charge < -0.3 is 9.88 Å². The third-order valence-corrected chi connectivity index (χ3v) is 4.60. The van der Waals surface area contributed by atoms with Crippen LogP contribution >= 0.6 is 0 Å². The summed E-state index contributed by atoms with van der Waals surface area (Å²) in [4.78, 5) is 22.3. The van der Waals surface area contributed by atoms with Gasteiger partial charge in [-0.1, -0.05) is 13.8 Å². The Morgan fingerprint density at radius 1 is 1.39 bits per heavy atom. The molecule has 0 saturated carbocycles. The first-order valence-corrected chi connectivity index (χ1v) is 8.46. The van der Waals surface area contributed by atoms with E-state index < -0.39 is 0 Å². The highest BCUT2D eigenvalue weighted by molar-refractivity contribution is 5.92. The molecule has 1 fully saturated rings. The lowest BCUT2D eigenvalue weighted by Gasteiger charge is -2.31. The van der Waals surface area contributed by atoms with Gasteiger partial charge in [0.2, 0.25) is 0 Å². The van der Waals surface area contributed by atoms with Crippen molar-refractivity contribution in [2.45, 2.75) is 52.0 Å². The predicted octanol–water partition coefficient (Wildman–Crippen LogP) is 2.77. The molecule has 3 rings (SSSR count). The molecule has 0 unspecified atom stereocenters. The highest BCUT2D eigenvalue weighted by Crippen LogP contribution is 2.26. The maximum absolute atomic E-state index is 12.9. The normalized spacial score (nSPS) is 16.3. The van der Waals surface area contributed by atoms with E-state index in [0.717, 1.165) is 44.0 Å². The topological polar surface area (TPSA) is 66.8 Å². The molecule has 2 aromatic heterocycles. The summed E-state index contributed by atoms with van der Waals surface area (Å²) in [7, 11) is 0. The van der Waals surface area contributed by atoms with Crippen molar-refractivity contribution in [2.75, 3.05) is 13.1 Å². The molecule has 0 aromatic carbocycles. The molecule has 0 spiro atoms. The number of piperidine rings is 1. The summed E-state index contributed by atoms with van der Waals surface area (Å²) in [6.07, 6.45) is 5.56. The highest BCUT2D eigenvalue weighted by atomic mass is 16.2. The molecule has 1 aliphatic heterocycles. The lowest BCUT2D eigenvalue weighted by Crippen LogP contribution is -2.39. The number of likely N-dealkylation sites (tertiary alicyclic amines) is 1. The van der Waals surface area contributed by atoms with Gasteiger partial charge in [-0.3, -0.25) is 9.48 Å². The van der Waals surface area contributed by atoms with Gasteiger partial charge >= 0.3 is 0 Å². The monoisotopic (exact) mass is 315 g/mol. The van der Waals surface area contributed by atoms with E-state index in [0.29, 0.717) is 17.5 Å². The Hall–Kier alpha value is -2.11. The Bertz CT molecular complexity index is 651. The van der Waals surface area contributed by atoms with Crippen molar-refractivity contribution in [2.24, 2.45) is 0 Å². The fourth-order valence-corrected chi connectivity index (χ4v) is 3.15. The molecular weight excluding hydrogens is 290 g/mol. The average Bonchev–Trinajstić information content (AvgIpc) is 3.23. The first kappa shape index (κ1) is 15.8. The Balaban J connectivity index is 1.70. The van der Waals surface area contributed by atoms with Crippen LogP contribution in [0.1, 0.15) is 67.5 Å². The summed E-state index contributed by atoms with van der Waals surface area (Å²) in [5.74, 6) is 1.90. The molecule has 6 nitrogen and oxygen atoms in total. The number of amides is 1. The summed E-state index contributed by atoms with van der Waals surface area (Å²) in [5.41, 5.74) is 1.70. The zero-order valence-electron chi connectivity index (χ0n) is 14.1. The molecule has 1 saturated heterocycles. The van der Waals surface area contributed by atoms with Crippen LogP contribution < -0.4 is 0 Å². The van der Waals surface area contributed by atoms with Crippen LogP contribution in [0.3, 0.4) is 0 Å². The minimum atomic E-state index is 0.101. The van der Waals surface area contributed by atoms with Crippen molar-refractivity contribution in [1.29, 1.82) is 0 Å². The fraction of sp³-hybridized carbons (Fsp3) is 0.588. The van der Waals surface area contributed by atoms with E-state index in [1.807, 2.05) is 28.8 Å². The number of hydrogen-bond donors (Lipinski definition) is 1. The largest absolute Gasteiger partial charge is 0.348 e. The quantitative estimate of drug-likeness (QED) is 0.943. The van der Waals surface area contributed by atoms with E-state index in [2.05, 4.69) is 28.9 Å². The molecule has 0 atom stereocenters. The molecule has 0 radical (unpaired) electrons. The van der Waals surface area contributed by atoms with Crippen LogP contribution in [0.5, 0.6) is 0 Å². The average molecular weight is 315 g/mol. The number of aromatic amines is 1. The van der Waals surface area contributed by atoms with E-state index in [1.165, 1.54) is 0 Å². The molecule has 6 heteroatoms. The van der Waals surface area contributed by atoms with Crippen molar-refractivity contribution < 1.29 is 4.79 Å². The Labute approximate surface area is 136 Å². The zero-order chi connectivity index (χ0) is 16.4. The number of carbonyl (C=O) groups is 1. The van der Waals surface area contributed by atoms with Gasteiger partial charge in [-0.15, -0.1) is 0 Å². The molecule has 0 aliphatic carbocycles. The van der Waals surface area contributed by atoms with Gasteiger partial charge in [0, 0.05) is 37.9 Å². The number of H-pyrrole nitrogens is 1.